The number of carbonyl (C=O) groups excluding carboxylic acids is 1. The maximum Gasteiger partial charge on any atom is 0.340 e. The smallest absolute Gasteiger partial charge is 0.340 e. The minimum absolute atomic E-state index is 0.310. The number of ether oxygens (including phenoxy) is 3. The van der Waals surface area contributed by atoms with Crippen molar-refractivity contribution in [2.45, 2.75) is 44.0 Å². The predicted molar refractivity (Wildman–Crippen MR) is 77.9 cm³/mol. The second-order valence-electron chi connectivity index (χ2n) is 6.01. The van der Waals surface area contributed by atoms with Crippen molar-refractivity contribution in [3.63, 3.8) is 0 Å². The lowest BCUT2D eigenvalue weighted by atomic mass is 9.75. The molecule has 1 aliphatic heterocycles. The Balaban J connectivity index is 1.76. The second-order valence-corrected chi connectivity index (χ2v) is 6.01. The van der Waals surface area contributed by atoms with Crippen LogP contribution in [0.1, 0.15) is 42.5 Å². The molecule has 0 spiro atoms. The molecule has 1 aliphatic carbocycles. The van der Waals surface area contributed by atoms with Gasteiger partial charge in [0.2, 0.25) is 6.29 Å². The number of hydrogen-bond donors (Lipinski definition) is 0. The minimum Gasteiger partial charge on any atom is -0.429 e. The first kappa shape index (κ1) is 15.4. The van der Waals surface area contributed by atoms with Gasteiger partial charge in [0.05, 0.1) is 5.56 Å². The van der Waals surface area contributed by atoms with E-state index in [4.69, 9.17) is 14.2 Å². The molecule has 1 aromatic rings. The van der Waals surface area contributed by atoms with Gasteiger partial charge in [-0.05, 0) is 49.4 Å². The maximum absolute atomic E-state index is 12.9. The van der Waals surface area contributed by atoms with Crippen LogP contribution in [0.4, 0.5) is 4.39 Å². The van der Waals surface area contributed by atoms with Crippen molar-refractivity contribution >= 4 is 5.97 Å². The van der Waals surface area contributed by atoms with E-state index in [1.165, 1.54) is 37.8 Å². The molecule has 22 heavy (non-hydrogen) atoms. The first-order valence-electron chi connectivity index (χ1n) is 7.79. The summed E-state index contributed by atoms with van der Waals surface area (Å²) in [6, 6.07) is 5.31. The Morgan fingerprint density at radius 3 is 2.82 bits per heavy atom. The standard InChI is InChI=1S/C17H21FO4/c1-20-16(17-10-3-2-4-13(17)9-11-21-17)22-15(19)12-5-7-14(18)8-6-12/h5-8,13,16H,2-4,9-11H2,1H3/t13-,16+,17+/m1/s1. The van der Waals surface area contributed by atoms with E-state index < -0.39 is 17.9 Å². The molecule has 0 unspecified atom stereocenters. The summed E-state index contributed by atoms with van der Waals surface area (Å²) < 4.78 is 30.0. The molecular weight excluding hydrogens is 287 g/mol. The highest BCUT2D eigenvalue weighted by atomic mass is 19.1. The van der Waals surface area contributed by atoms with E-state index in [9.17, 15) is 9.18 Å². The van der Waals surface area contributed by atoms with E-state index in [1.54, 1.807) is 0 Å². The second kappa shape index (κ2) is 6.34. The molecule has 1 aromatic carbocycles. The third kappa shape index (κ3) is 2.75. The van der Waals surface area contributed by atoms with Crippen molar-refractivity contribution in [3.05, 3.63) is 35.6 Å². The van der Waals surface area contributed by atoms with Gasteiger partial charge in [0.1, 0.15) is 11.4 Å². The highest BCUT2D eigenvalue weighted by Gasteiger charge is 2.53. The van der Waals surface area contributed by atoms with E-state index in [-0.39, 0.29) is 5.82 Å². The van der Waals surface area contributed by atoms with Crippen molar-refractivity contribution in [1.29, 1.82) is 0 Å². The van der Waals surface area contributed by atoms with E-state index >= 15 is 0 Å². The van der Waals surface area contributed by atoms with Crippen LogP contribution in [0.5, 0.6) is 0 Å². The summed E-state index contributed by atoms with van der Waals surface area (Å²) >= 11 is 0. The summed E-state index contributed by atoms with van der Waals surface area (Å²) in [7, 11) is 1.53. The molecular formula is C17H21FO4. The van der Waals surface area contributed by atoms with Crippen LogP contribution in [0.25, 0.3) is 0 Å². The number of halogens is 1. The zero-order valence-corrected chi connectivity index (χ0v) is 12.7. The number of hydrogen-bond acceptors (Lipinski definition) is 4. The number of benzene rings is 1. The van der Waals surface area contributed by atoms with Crippen LogP contribution in [-0.4, -0.2) is 31.6 Å². The van der Waals surface area contributed by atoms with Crippen molar-refractivity contribution < 1.29 is 23.4 Å². The lowest BCUT2D eigenvalue weighted by Gasteiger charge is -2.42. The fourth-order valence-electron chi connectivity index (χ4n) is 3.69. The Labute approximate surface area is 129 Å². The van der Waals surface area contributed by atoms with Gasteiger partial charge in [-0.15, -0.1) is 0 Å². The molecule has 0 amide bonds. The molecule has 0 radical (unpaired) electrons. The summed E-state index contributed by atoms with van der Waals surface area (Å²) in [5, 5.41) is 0. The number of methoxy groups -OCH3 is 1. The molecule has 0 aromatic heterocycles. The summed E-state index contributed by atoms with van der Waals surface area (Å²) in [6.45, 7) is 0.679. The first-order valence-corrected chi connectivity index (χ1v) is 7.79. The molecule has 4 nitrogen and oxygen atoms in total. The Hall–Kier alpha value is -1.46. The summed E-state index contributed by atoms with van der Waals surface area (Å²) in [5.74, 6) is -0.529. The lowest BCUT2D eigenvalue weighted by molar-refractivity contribution is -0.227. The topological polar surface area (TPSA) is 44.8 Å². The van der Waals surface area contributed by atoms with E-state index in [0.717, 1.165) is 25.7 Å². The number of rotatable bonds is 4. The van der Waals surface area contributed by atoms with Gasteiger partial charge in [0.15, 0.2) is 0 Å². The third-order valence-corrected chi connectivity index (χ3v) is 4.81. The molecule has 1 saturated heterocycles. The summed E-state index contributed by atoms with van der Waals surface area (Å²) in [6.07, 6.45) is 4.40. The zero-order valence-electron chi connectivity index (χ0n) is 12.7. The Kier molecular flexibility index (Phi) is 4.45. The van der Waals surface area contributed by atoms with Crippen LogP contribution in [0.15, 0.2) is 24.3 Å². The Morgan fingerprint density at radius 1 is 1.32 bits per heavy atom. The molecule has 0 N–H and O–H groups in total. The number of fused-ring (bicyclic) bond motifs is 1. The quantitative estimate of drug-likeness (QED) is 0.632. The van der Waals surface area contributed by atoms with E-state index in [2.05, 4.69) is 0 Å². The van der Waals surface area contributed by atoms with Gasteiger partial charge in [-0.3, -0.25) is 0 Å². The van der Waals surface area contributed by atoms with Crippen LogP contribution in [0.2, 0.25) is 0 Å². The monoisotopic (exact) mass is 308 g/mol. The van der Waals surface area contributed by atoms with Gasteiger partial charge in [-0.1, -0.05) is 12.8 Å². The largest absolute Gasteiger partial charge is 0.429 e. The molecule has 1 heterocycles. The maximum atomic E-state index is 12.9. The van der Waals surface area contributed by atoms with Crippen molar-refractivity contribution in [2.24, 2.45) is 5.92 Å². The molecule has 0 bridgehead atoms. The lowest BCUT2D eigenvalue weighted by Crippen LogP contribution is -2.51. The van der Waals surface area contributed by atoms with Gasteiger partial charge in [-0.25, -0.2) is 9.18 Å². The van der Waals surface area contributed by atoms with Crippen molar-refractivity contribution in [2.75, 3.05) is 13.7 Å². The van der Waals surface area contributed by atoms with Gasteiger partial charge in [-0.2, -0.15) is 0 Å². The SMILES string of the molecule is CO[C@@H](OC(=O)c1ccc(F)cc1)[C@]12CCCC[C@@H]1CCO2. The average Bonchev–Trinajstić information content (AvgIpc) is 2.97. The molecule has 2 fully saturated rings. The average molecular weight is 308 g/mol. The van der Waals surface area contributed by atoms with Gasteiger partial charge < -0.3 is 14.2 Å². The third-order valence-electron chi connectivity index (χ3n) is 4.81. The Morgan fingerprint density at radius 2 is 2.09 bits per heavy atom. The highest BCUT2D eigenvalue weighted by Crippen LogP contribution is 2.46. The van der Waals surface area contributed by atoms with Gasteiger partial charge >= 0.3 is 5.97 Å². The van der Waals surface area contributed by atoms with E-state index in [1.807, 2.05) is 0 Å². The normalized spacial score (nSPS) is 28.9. The van der Waals surface area contributed by atoms with Crippen LogP contribution in [0.3, 0.4) is 0 Å². The fraction of sp³-hybridized carbons (Fsp3) is 0.588. The van der Waals surface area contributed by atoms with Crippen LogP contribution < -0.4 is 0 Å². The molecule has 5 heteroatoms. The molecule has 1 saturated carbocycles. The van der Waals surface area contributed by atoms with Crippen LogP contribution in [0, 0.1) is 11.7 Å². The summed E-state index contributed by atoms with van der Waals surface area (Å²) in [5.41, 5.74) is -0.215. The molecule has 120 valence electrons. The predicted octanol–water partition coefficient (Wildman–Crippen LogP) is 3.30. The first-order chi connectivity index (χ1) is 10.7. The van der Waals surface area contributed by atoms with Gasteiger partial charge in [0.25, 0.3) is 0 Å². The number of esters is 1. The van der Waals surface area contributed by atoms with Crippen molar-refractivity contribution in [3.8, 4) is 0 Å². The van der Waals surface area contributed by atoms with Gasteiger partial charge in [0, 0.05) is 13.7 Å². The fourth-order valence-corrected chi connectivity index (χ4v) is 3.69. The van der Waals surface area contributed by atoms with Crippen LogP contribution >= 0.6 is 0 Å². The zero-order chi connectivity index (χ0) is 15.6. The Bertz CT molecular complexity index is 530. The van der Waals surface area contributed by atoms with E-state index in [0.29, 0.717) is 18.1 Å². The van der Waals surface area contributed by atoms with Crippen LogP contribution in [-0.2, 0) is 14.2 Å². The number of carbonyl (C=O) groups is 1. The van der Waals surface area contributed by atoms with Crippen molar-refractivity contribution in [1.82, 2.24) is 0 Å². The molecule has 3 rings (SSSR count). The summed E-state index contributed by atoms with van der Waals surface area (Å²) in [4.78, 5) is 12.3. The molecule has 3 atom stereocenters. The minimum atomic E-state index is -0.724. The molecule has 2 aliphatic rings. The highest BCUT2D eigenvalue weighted by molar-refractivity contribution is 5.89.